The highest BCUT2D eigenvalue weighted by atomic mass is 35.5. The molecule has 0 bridgehead atoms. The molecule has 5 aromatic heterocycles. The molecule has 8 fully saturated rings. The Morgan fingerprint density at radius 3 is 1.14 bits per heavy atom. The first-order valence-corrected chi connectivity index (χ1v) is 37.5. The Morgan fingerprint density at radius 1 is 0.505 bits per heavy atom. The van der Waals surface area contributed by atoms with Crippen molar-refractivity contribution < 1.29 is 66.4 Å². The number of aromatic nitrogens is 5. The van der Waals surface area contributed by atoms with Gasteiger partial charge in [0.15, 0.2) is 0 Å². The van der Waals surface area contributed by atoms with E-state index >= 15 is 0 Å². The highest BCUT2D eigenvalue weighted by Crippen LogP contribution is 2.49. The number of nitrogens with zero attached hydrogens (tertiary/aromatic N) is 11. The summed E-state index contributed by atoms with van der Waals surface area (Å²) in [5.74, 6) is 4.42. The van der Waals surface area contributed by atoms with Crippen LogP contribution in [-0.4, -0.2) is 223 Å². The Labute approximate surface area is 655 Å². The molecule has 105 heavy (non-hydrogen) atoms. The molecule has 1 N–H and O–H groups in total. The van der Waals surface area contributed by atoms with Gasteiger partial charge < -0.3 is 77.7 Å². The molecule has 0 aromatic carbocycles. The van der Waals surface area contributed by atoms with Gasteiger partial charge in [-0.15, -0.1) is 6.58 Å². The maximum Gasteiger partial charge on any atom is 0.486 e. The van der Waals surface area contributed by atoms with E-state index in [9.17, 15) is 14.4 Å². The number of carbonyl (C=O) groups is 3. The molecular weight excluding hydrogens is 1520 g/mol. The van der Waals surface area contributed by atoms with Crippen molar-refractivity contribution in [3.05, 3.63) is 143 Å². The smallest absolute Gasteiger partial charge is 0.466 e. The molecule has 2 aliphatic carbocycles. The van der Waals surface area contributed by atoms with E-state index in [0.717, 1.165) is 158 Å². The Morgan fingerprint density at radius 2 is 0.838 bits per heavy atom. The number of rotatable bonds is 14. The maximum atomic E-state index is 11.8. The molecule has 6 saturated heterocycles. The zero-order valence-corrected chi connectivity index (χ0v) is 66.3. The average molecular weight is 1620 g/mol. The second-order valence-corrected chi connectivity index (χ2v) is 28.2. The van der Waals surface area contributed by atoms with Crippen LogP contribution in [0.1, 0.15) is 90.2 Å². The molecule has 8 aliphatic rings. The Kier molecular flexibility index (Phi) is 38.6. The predicted molar refractivity (Wildman–Crippen MR) is 415 cm³/mol. The van der Waals surface area contributed by atoms with Crippen molar-refractivity contribution >= 4 is 153 Å². The van der Waals surface area contributed by atoms with Gasteiger partial charge in [0.25, 0.3) is 0 Å². The lowest BCUT2D eigenvalue weighted by molar-refractivity contribution is -0.145. The van der Waals surface area contributed by atoms with E-state index in [1.54, 1.807) is 31.1 Å². The third-order valence-electron chi connectivity index (χ3n) is 16.7. The number of morpholine rings is 5. The summed E-state index contributed by atoms with van der Waals surface area (Å²) >= 11 is 46.6. The number of carbonyl (C=O) groups excluding carboxylic acids is 3. The number of esters is 3. The topological polar surface area (TPSA) is 269 Å². The summed E-state index contributed by atoms with van der Waals surface area (Å²) in [5, 5.41) is 7.35. The van der Waals surface area contributed by atoms with Gasteiger partial charge in [0, 0.05) is 114 Å². The molecule has 574 valence electrons. The zero-order chi connectivity index (χ0) is 76.5. The first kappa shape index (κ1) is 88.2. The van der Waals surface area contributed by atoms with Gasteiger partial charge in [-0.1, -0.05) is 105 Å². The van der Waals surface area contributed by atoms with Crippen molar-refractivity contribution in [1.29, 1.82) is 0 Å². The fraction of sp³-hybridized carbons (Fsp3) is 0.535. The van der Waals surface area contributed by atoms with Crippen molar-refractivity contribution in [2.75, 3.05) is 171 Å². The summed E-state index contributed by atoms with van der Waals surface area (Å²) in [6.07, 6.45) is 4.00. The normalized spacial score (nSPS) is 20.1. The highest BCUT2D eigenvalue weighted by Gasteiger charge is 2.50. The number of pyridine rings is 5. The van der Waals surface area contributed by atoms with Crippen molar-refractivity contribution in [1.82, 2.24) is 30.2 Å². The monoisotopic (exact) mass is 1610 g/mol. The van der Waals surface area contributed by atoms with Crippen molar-refractivity contribution in [2.24, 2.45) is 11.8 Å². The van der Waals surface area contributed by atoms with Crippen LogP contribution in [0.2, 0.25) is 40.6 Å². The van der Waals surface area contributed by atoms with E-state index in [1.807, 2.05) is 77.9 Å². The molecule has 13 rings (SSSR count). The van der Waals surface area contributed by atoms with Gasteiger partial charge in [-0.2, -0.15) is 4.79 Å². The summed E-state index contributed by atoms with van der Waals surface area (Å²) in [6.45, 7) is 38.2. The van der Waals surface area contributed by atoms with Crippen LogP contribution in [0, 0.1) is 11.8 Å². The van der Waals surface area contributed by atoms with Crippen molar-refractivity contribution in [2.45, 2.75) is 84.3 Å². The maximum absolute atomic E-state index is 11.8. The van der Waals surface area contributed by atoms with Crippen LogP contribution in [0.4, 0.5) is 23.3 Å². The first-order valence-electron chi connectivity index (χ1n) is 34.5. The molecule has 34 heteroatoms. The molecule has 5 aromatic rings. The third kappa shape index (κ3) is 31.1. The average Bonchev–Trinajstić information content (AvgIpc) is 1.64. The Balaban J connectivity index is 0.000000194. The van der Waals surface area contributed by atoms with E-state index in [-0.39, 0.29) is 53.9 Å². The molecule has 0 amide bonds. The molecule has 0 spiro atoms. The lowest BCUT2D eigenvalue weighted by atomic mass is 9.90. The van der Waals surface area contributed by atoms with Crippen molar-refractivity contribution in [3.63, 3.8) is 0 Å². The number of hydrogen-bond donors (Lipinski definition) is 1. The molecule has 0 radical (unpaired) electrons. The minimum atomic E-state index is -0.630. The molecule has 11 heterocycles. The Bertz CT molecular complexity index is 3430. The molecule has 0 unspecified atom stereocenters. The summed E-state index contributed by atoms with van der Waals surface area (Å²) in [7, 11) is -0.250. The third-order valence-corrected chi connectivity index (χ3v) is 18.4. The number of anilines is 4. The molecular formula is C71H93BCl8N12O13. The molecule has 6 aliphatic heterocycles. The second-order valence-electron chi connectivity index (χ2n) is 24.8. The minimum absolute atomic E-state index is 0.0616. The van der Waals surface area contributed by atoms with Crippen LogP contribution in [0.25, 0.3) is 11.6 Å². The summed E-state index contributed by atoms with van der Waals surface area (Å²) in [6, 6.07) is 17.6. The van der Waals surface area contributed by atoms with E-state index in [4.69, 9.17) is 151 Å². The van der Waals surface area contributed by atoms with Crippen LogP contribution in [0.3, 0.4) is 0 Å². The first-order chi connectivity index (χ1) is 50.3. The number of halogens is 8. The molecule has 4 atom stereocenters. The quantitative estimate of drug-likeness (QED) is 0.0206. The Hall–Kier alpha value is -5.72. The fourth-order valence-corrected chi connectivity index (χ4v) is 12.4. The molecule has 2 saturated carbocycles. The number of ether oxygens (including phenoxy) is 8. The summed E-state index contributed by atoms with van der Waals surface area (Å²) < 4.78 is 51.9. The zero-order valence-electron chi connectivity index (χ0n) is 60.2. The van der Waals surface area contributed by atoms with Crippen LogP contribution < -0.4 is 24.9 Å². The van der Waals surface area contributed by atoms with E-state index in [1.165, 1.54) is 12.1 Å². The highest BCUT2D eigenvalue weighted by molar-refractivity contribution is 6.51. The lowest BCUT2D eigenvalue weighted by Gasteiger charge is -2.32. The van der Waals surface area contributed by atoms with E-state index in [2.05, 4.69) is 62.6 Å². The van der Waals surface area contributed by atoms with E-state index < -0.39 is 5.97 Å². The van der Waals surface area contributed by atoms with Crippen LogP contribution >= 0.6 is 92.8 Å². The number of hydrogen-bond acceptors (Lipinski definition) is 23. The van der Waals surface area contributed by atoms with E-state index in [0.29, 0.717) is 93.0 Å². The number of nitrogens with one attached hydrogen (secondary N) is 1. The largest absolute Gasteiger partial charge is 0.486 e. The second kappa shape index (κ2) is 45.9. The SMILES string of the molecule is C1COCCN1.C=CB1OC(C)(C)C(C)(C)O1.C=Cc1cc(Cl)cc(N2CCOCC2)n1.CCOC(=O)C=[N+]=[N-].CCOC(=O)[C@@H]1C[C@H]1c1cc(Cl)cc(N2CCOCC2)n1.CCOC(=O)[C@H]1C[C@H]1c1cc(Cl)cc(N2CCOCC2)n1.Clc1cc(Cl)nc(Cl)c1.Clc1cc(Cl)nc(N2CCOCC2)c1. The molecule has 25 nitrogen and oxygen atoms in total. The van der Waals surface area contributed by atoms with Gasteiger partial charge in [0.2, 0.25) is 0 Å². The van der Waals surface area contributed by atoms with Crippen molar-refractivity contribution in [3.8, 4) is 0 Å². The lowest BCUT2D eigenvalue weighted by Crippen LogP contribution is -2.41. The van der Waals surface area contributed by atoms with Gasteiger partial charge >= 0.3 is 31.2 Å². The fourth-order valence-electron chi connectivity index (χ4n) is 10.5. The van der Waals surface area contributed by atoms with Gasteiger partial charge in [-0.05, 0) is 128 Å². The van der Waals surface area contributed by atoms with Gasteiger partial charge in [-0.3, -0.25) is 9.59 Å². The van der Waals surface area contributed by atoms with Gasteiger partial charge in [0.05, 0.1) is 115 Å². The summed E-state index contributed by atoms with van der Waals surface area (Å²) in [5.41, 5.74) is 9.86. The summed E-state index contributed by atoms with van der Waals surface area (Å²) in [4.78, 5) is 66.4. The van der Waals surface area contributed by atoms with Crippen LogP contribution in [0.5, 0.6) is 0 Å². The van der Waals surface area contributed by atoms with Gasteiger partial charge in [0.1, 0.15) is 38.7 Å². The van der Waals surface area contributed by atoms with Crippen LogP contribution in [-0.2, 0) is 61.6 Å². The van der Waals surface area contributed by atoms with Gasteiger partial charge in [-0.25, -0.2) is 29.7 Å². The predicted octanol–water partition coefficient (Wildman–Crippen LogP) is 13.2. The van der Waals surface area contributed by atoms with Crippen LogP contribution in [0.15, 0.2) is 79.8 Å². The standard InChI is InChI=1S/2C15H19ClN2O3.C11H13ClN2O.C9H10Cl2N2O.C8H15BO2.C5H2Cl3N.C4H6N2O2.C4H9NO/c2*1-2-21-15(19)12-9-11(12)13-7-10(16)8-14(17-13)18-3-5-20-6-4-18;1-2-10-7-9(12)8-11(13-10)14-3-5-15-6-4-14;10-7-5-8(11)12-9(6-7)13-1-3-14-4-2-13;1-6-9-10-7(2,3)8(4,5)11-9;6-3-1-4(7)9-5(8)2-3;1-2-8-4(7)3-6-5;1-3-6-4-2-5-1/h2*7-8,11-12H,2-6,9H2,1H3;2,7-8H,1,3-6H2;5-6H,1-4H2;6H,1H2,2-5H3;1-2H;3H,2H2,1H3;5H,1-4H2/t11-,12+;11-,12-;;;;;;/m11....../s1. The minimum Gasteiger partial charge on any atom is -0.466 e.